The predicted octanol–water partition coefficient (Wildman–Crippen LogP) is 1.59. The Morgan fingerprint density at radius 1 is 1.29 bits per heavy atom. The first-order valence-electron chi connectivity index (χ1n) is 6.26. The second-order valence-electron chi connectivity index (χ2n) is 4.94. The van der Waals surface area contributed by atoms with Crippen LogP contribution in [0.5, 0.6) is 0 Å². The number of hydrogen-bond donors (Lipinski definition) is 1. The van der Waals surface area contributed by atoms with Crippen molar-refractivity contribution in [3.8, 4) is 0 Å². The molecule has 96 valence electrons. The van der Waals surface area contributed by atoms with Gasteiger partial charge in [-0.2, -0.15) is 0 Å². The predicted molar refractivity (Wildman–Crippen MR) is 67.0 cm³/mol. The van der Waals surface area contributed by atoms with Crippen molar-refractivity contribution in [3.05, 3.63) is 0 Å². The first-order valence-corrected chi connectivity index (χ1v) is 7.31. The molecule has 0 saturated carbocycles. The molecule has 0 aliphatic carbocycles. The van der Waals surface area contributed by atoms with Gasteiger partial charge in [-0.15, -0.1) is 11.8 Å². The molecule has 3 atom stereocenters. The number of likely N-dealkylation sites (tertiary alicyclic amines) is 1. The third-order valence-corrected chi connectivity index (χ3v) is 5.04. The Bertz CT molecular complexity index is 315. The van der Waals surface area contributed by atoms with Gasteiger partial charge in [0.1, 0.15) is 6.04 Å². The number of piperidine rings is 1. The molecular formula is C12H19NO3S. The van der Waals surface area contributed by atoms with Crippen LogP contribution in [0.3, 0.4) is 0 Å². The van der Waals surface area contributed by atoms with E-state index in [2.05, 4.69) is 0 Å². The number of carbonyl (C=O) groups is 2. The standard InChI is InChI=1S/C12H19NO3S/c1-8-4-2-6-13(10(8)12(15)16)11(14)9-5-3-7-17-9/h8-10H,2-7H2,1H3,(H,15,16). The molecule has 1 amide bonds. The maximum atomic E-state index is 12.3. The molecule has 0 aromatic rings. The monoisotopic (exact) mass is 257 g/mol. The van der Waals surface area contributed by atoms with Crippen molar-refractivity contribution >= 4 is 23.6 Å². The summed E-state index contributed by atoms with van der Waals surface area (Å²) in [4.78, 5) is 25.2. The Morgan fingerprint density at radius 2 is 2.06 bits per heavy atom. The van der Waals surface area contributed by atoms with Crippen molar-refractivity contribution in [1.29, 1.82) is 0 Å². The van der Waals surface area contributed by atoms with Crippen LogP contribution in [0.2, 0.25) is 0 Å². The fraction of sp³-hybridized carbons (Fsp3) is 0.833. The summed E-state index contributed by atoms with van der Waals surface area (Å²) >= 11 is 1.67. The summed E-state index contributed by atoms with van der Waals surface area (Å²) in [5, 5.41) is 9.27. The number of hydrogen-bond acceptors (Lipinski definition) is 3. The van der Waals surface area contributed by atoms with Crippen LogP contribution in [-0.4, -0.2) is 45.5 Å². The first-order chi connectivity index (χ1) is 8.11. The van der Waals surface area contributed by atoms with Crippen LogP contribution in [0.25, 0.3) is 0 Å². The quantitative estimate of drug-likeness (QED) is 0.816. The lowest BCUT2D eigenvalue weighted by atomic mass is 9.90. The summed E-state index contributed by atoms with van der Waals surface area (Å²) in [7, 11) is 0. The van der Waals surface area contributed by atoms with Gasteiger partial charge < -0.3 is 10.0 Å². The number of carboxylic acid groups (broad SMARTS) is 1. The van der Waals surface area contributed by atoms with Gasteiger partial charge in [0.05, 0.1) is 5.25 Å². The highest BCUT2D eigenvalue weighted by Crippen LogP contribution is 2.31. The number of aliphatic carboxylic acids is 1. The van der Waals surface area contributed by atoms with Gasteiger partial charge in [-0.25, -0.2) is 4.79 Å². The minimum absolute atomic E-state index is 0.00199. The largest absolute Gasteiger partial charge is 0.480 e. The zero-order valence-electron chi connectivity index (χ0n) is 10.1. The average Bonchev–Trinajstić information content (AvgIpc) is 2.80. The van der Waals surface area contributed by atoms with Crippen molar-refractivity contribution < 1.29 is 14.7 Å². The van der Waals surface area contributed by atoms with Crippen LogP contribution >= 0.6 is 11.8 Å². The molecule has 2 fully saturated rings. The Hall–Kier alpha value is -0.710. The minimum Gasteiger partial charge on any atom is -0.480 e. The van der Waals surface area contributed by atoms with Gasteiger partial charge in [-0.1, -0.05) is 6.92 Å². The minimum atomic E-state index is -0.853. The summed E-state index contributed by atoms with van der Waals surface area (Å²) in [6, 6.07) is -0.613. The van der Waals surface area contributed by atoms with E-state index in [0.29, 0.717) is 6.54 Å². The summed E-state index contributed by atoms with van der Waals surface area (Å²) in [5.74, 6) is 0.286. The van der Waals surface area contributed by atoms with E-state index in [1.807, 2.05) is 6.92 Å². The zero-order valence-corrected chi connectivity index (χ0v) is 10.9. The van der Waals surface area contributed by atoms with Crippen LogP contribution in [-0.2, 0) is 9.59 Å². The number of nitrogens with zero attached hydrogens (tertiary/aromatic N) is 1. The molecule has 1 N–H and O–H groups in total. The molecule has 0 aromatic heterocycles. The van der Waals surface area contributed by atoms with Gasteiger partial charge in [-0.05, 0) is 37.4 Å². The van der Waals surface area contributed by atoms with E-state index in [9.17, 15) is 14.7 Å². The van der Waals surface area contributed by atoms with Gasteiger partial charge in [0.25, 0.3) is 0 Å². The smallest absolute Gasteiger partial charge is 0.326 e. The SMILES string of the molecule is CC1CCCN(C(=O)C2CCCS2)C1C(=O)O. The van der Waals surface area contributed by atoms with Gasteiger partial charge in [0.15, 0.2) is 0 Å². The molecule has 0 spiro atoms. The van der Waals surface area contributed by atoms with E-state index in [1.54, 1.807) is 16.7 Å². The molecule has 0 bridgehead atoms. The van der Waals surface area contributed by atoms with Crippen molar-refractivity contribution in [2.45, 2.75) is 43.9 Å². The lowest BCUT2D eigenvalue weighted by Crippen LogP contribution is -2.54. The fourth-order valence-electron chi connectivity index (χ4n) is 2.77. The van der Waals surface area contributed by atoms with Gasteiger partial charge >= 0.3 is 5.97 Å². The summed E-state index contributed by atoms with van der Waals surface area (Å²) in [5.41, 5.74) is 0. The number of rotatable bonds is 2. The number of thioether (sulfide) groups is 1. The third kappa shape index (κ3) is 2.59. The van der Waals surface area contributed by atoms with Crippen LogP contribution in [0.15, 0.2) is 0 Å². The molecule has 2 saturated heterocycles. The second kappa shape index (κ2) is 5.29. The molecule has 3 unspecified atom stereocenters. The maximum Gasteiger partial charge on any atom is 0.326 e. The molecule has 0 aromatic carbocycles. The van der Waals surface area contributed by atoms with Crippen molar-refractivity contribution in [2.24, 2.45) is 5.92 Å². The first kappa shape index (κ1) is 12.7. The molecular weight excluding hydrogens is 238 g/mol. The normalized spacial score (nSPS) is 33.7. The van der Waals surface area contributed by atoms with Crippen molar-refractivity contribution in [3.63, 3.8) is 0 Å². The van der Waals surface area contributed by atoms with Gasteiger partial charge in [0.2, 0.25) is 5.91 Å². The topological polar surface area (TPSA) is 57.6 Å². The van der Waals surface area contributed by atoms with Crippen molar-refractivity contribution in [2.75, 3.05) is 12.3 Å². The Kier molecular flexibility index (Phi) is 3.97. The zero-order chi connectivity index (χ0) is 12.4. The lowest BCUT2D eigenvalue weighted by molar-refractivity contribution is -0.154. The molecule has 2 rings (SSSR count). The Balaban J connectivity index is 2.10. The highest BCUT2D eigenvalue weighted by molar-refractivity contribution is 8.00. The molecule has 17 heavy (non-hydrogen) atoms. The van der Waals surface area contributed by atoms with E-state index >= 15 is 0 Å². The summed E-state index contributed by atoms with van der Waals surface area (Å²) in [6.45, 7) is 2.54. The number of amides is 1. The molecule has 4 nitrogen and oxygen atoms in total. The Labute approximate surface area is 106 Å². The van der Waals surface area contributed by atoms with Crippen LogP contribution in [0, 0.1) is 5.92 Å². The molecule has 0 radical (unpaired) electrons. The molecule has 5 heteroatoms. The van der Waals surface area contributed by atoms with Crippen molar-refractivity contribution in [1.82, 2.24) is 4.90 Å². The molecule has 2 aliphatic rings. The van der Waals surface area contributed by atoms with Gasteiger partial charge in [0, 0.05) is 6.54 Å². The summed E-state index contributed by atoms with van der Waals surface area (Å²) in [6.07, 6.45) is 3.80. The molecule has 2 heterocycles. The van der Waals surface area contributed by atoms with E-state index in [1.165, 1.54) is 0 Å². The van der Waals surface area contributed by atoms with E-state index in [4.69, 9.17) is 0 Å². The maximum absolute atomic E-state index is 12.3. The van der Waals surface area contributed by atoms with E-state index < -0.39 is 12.0 Å². The van der Waals surface area contributed by atoms with Crippen LogP contribution in [0.4, 0.5) is 0 Å². The highest BCUT2D eigenvalue weighted by atomic mass is 32.2. The van der Waals surface area contributed by atoms with Crippen LogP contribution < -0.4 is 0 Å². The summed E-state index contributed by atoms with van der Waals surface area (Å²) < 4.78 is 0. The number of carboxylic acids is 1. The van der Waals surface area contributed by atoms with Gasteiger partial charge in [-0.3, -0.25) is 4.79 Å². The highest BCUT2D eigenvalue weighted by Gasteiger charge is 2.40. The third-order valence-electron chi connectivity index (χ3n) is 3.67. The second-order valence-corrected chi connectivity index (χ2v) is 6.25. The van der Waals surface area contributed by atoms with E-state index in [-0.39, 0.29) is 17.1 Å². The Morgan fingerprint density at radius 3 is 2.65 bits per heavy atom. The fourth-order valence-corrected chi connectivity index (χ4v) is 4.00. The lowest BCUT2D eigenvalue weighted by Gasteiger charge is -2.38. The number of carbonyl (C=O) groups excluding carboxylic acids is 1. The van der Waals surface area contributed by atoms with E-state index in [0.717, 1.165) is 31.4 Å². The van der Waals surface area contributed by atoms with Crippen LogP contribution in [0.1, 0.15) is 32.6 Å². The average molecular weight is 257 g/mol. The molecule has 2 aliphatic heterocycles.